The molecule has 0 saturated heterocycles. The van der Waals surface area contributed by atoms with Gasteiger partial charge in [-0.15, -0.1) is 0 Å². The number of fused-ring (bicyclic) bond motifs is 1. The summed E-state index contributed by atoms with van der Waals surface area (Å²) < 4.78 is 5.27. The molecule has 0 unspecified atom stereocenters. The second-order valence-corrected chi connectivity index (χ2v) is 10.7. The van der Waals surface area contributed by atoms with E-state index in [4.69, 9.17) is 33.1 Å². The van der Waals surface area contributed by atoms with Gasteiger partial charge in [-0.1, -0.05) is 13.8 Å². The highest BCUT2D eigenvalue weighted by atomic mass is 16.4. The van der Waals surface area contributed by atoms with Crippen LogP contribution in [0.15, 0.2) is 43.5 Å². The van der Waals surface area contributed by atoms with Crippen LogP contribution in [0.25, 0.3) is 11.0 Å². The van der Waals surface area contributed by atoms with Gasteiger partial charge in [0.15, 0.2) is 11.9 Å². The Morgan fingerprint density at radius 1 is 0.860 bits per heavy atom. The van der Waals surface area contributed by atoms with E-state index >= 15 is 0 Å². The van der Waals surface area contributed by atoms with Crippen molar-refractivity contribution in [1.29, 1.82) is 0 Å². The highest BCUT2D eigenvalue weighted by molar-refractivity contribution is 5.99. The Balaban J connectivity index is 2.26. The number of aryl methyl sites for hydroxylation is 1. The minimum Gasteiger partial charge on any atom is -0.423 e. The molecule has 1 aromatic carbocycles. The van der Waals surface area contributed by atoms with Gasteiger partial charge in [0, 0.05) is 36.3 Å². The average Bonchev–Trinajstić information content (AvgIpc) is 2.90. The molecule has 43 heavy (non-hydrogen) atoms. The van der Waals surface area contributed by atoms with Crippen LogP contribution in [-0.2, 0) is 14.4 Å². The molecule has 0 aliphatic rings. The summed E-state index contributed by atoms with van der Waals surface area (Å²) in [7, 11) is 0. The number of nitrogens with two attached hydrogens (primary N) is 5. The fourth-order valence-electron chi connectivity index (χ4n) is 4.34. The molecule has 1 aromatic heterocycles. The first-order valence-corrected chi connectivity index (χ1v) is 14.1. The maximum atomic E-state index is 13.5. The maximum absolute atomic E-state index is 13.5. The summed E-state index contributed by atoms with van der Waals surface area (Å²) in [5.41, 5.74) is 28.5. The highest BCUT2D eigenvalue weighted by Crippen LogP contribution is 2.21. The van der Waals surface area contributed by atoms with E-state index in [9.17, 15) is 19.2 Å². The third-order valence-electron chi connectivity index (χ3n) is 6.44. The summed E-state index contributed by atoms with van der Waals surface area (Å²) in [6.45, 7) is 6.11. The highest BCUT2D eigenvalue weighted by Gasteiger charge is 2.28. The number of nitrogens with zero attached hydrogens (tertiary/aromatic N) is 2. The monoisotopic (exact) mass is 600 g/mol. The van der Waals surface area contributed by atoms with Gasteiger partial charge in [0.2, 0.25) is 17.7 Å². The number of anilines is 1. The minimum atomic E-state index is -1.02. The van der Waals surface area contributed by atoms with E-state index in [1.807, 2.05) is 13.8 Å². The second kappa shape index (κ2) is 16.7. The minimum absolute atomic E-state index is 0.0929. The van der Waals surface area contributed by atoms with Crippen molar-refractivity contribution in [2.24, 2.45) is 44.6 Å². The summed E-state index contributed by atoms with van der Waals surface area (Å²) >= 11 is 0. The zero-order chi connectivity index (χ0) is 32.1. The van der Waals surface area contributed by atoms with E-state index in [0.717, 1.165) is 10.9 Å². The summed E-state index contributed by atoms with van der Waals surface area (Å²) in [5.74, 6) is -1.63. The number of benzene rings is 1. The maximum Gasteiger partial charge on any atom is 0.336 e. The van der Waals surface area contributed by atoms with Crippen molar-refractivity contribution in [3.8, 4) is 0 Å². The SMILES string of the molecule is Cc1cc(=O)oc2cc(NC(=O)[C@H](CCCN=C(N)N)NC(=O)[C@H](CCCN=C(N)N)NC(=O)[C@@H](N)CC(C)C)ccc12. The van der Waals surface area contributed by atoms with Gasteiger partial charge in [-0.25, -0.2) is 4.79 Å². The number of amides is 3. The molecule has 13 N–H and O–H groups in total. The standard InChI is InChI=1S/C28H44N10O5/c1-15(2)12-19(29)24(40)37-21(7-5-11-35-28(32)33)26(42)38-20(6-4-10-34-27(30)31)25(41)36-17-8-9-18-16(3)13-23(39)43-22(18)14-17/h8-9,13-15,19-21H,4-7,10-12,29H2,1-3H3,(H,36,41)(H,37,40)(H,38,42)(H4,30,31,34)(H4,32,33,35)/t19-,20-,21-/m0/s1. The van der Waals surface area contributed by atoms with E-state index in [1.54, 1.807) is 19.1 Å². The Hall–Kier alpha value is -4.66. The number of hydrogen-bond donors (Lipinski definition) is 8. The van der Waals surface area contributed by atoms with Gasteiger partial charge in [-0.3, -0.25) is 24.4 Å². The van der Waals surface area contributed by atoms with Crippen molar-refractivity contribution >= 4 is 46.3 Å². The Labute approximate surface area is 250 Å². The van der Waals surface area contributed by atoms with Gasteiger partial charge in [-0.2, -0.15) is 0 Å². The Morgan fingerprint density at radius 3 is 1.98 bits per heavy atom. The van der Waals surface area contributed by atoms with Crippen molar-refractivity contribution in [3.63, 3.8) is 0 Å². The normalized spacial score (nSPS) is 13.0. The van der Waals surface area contributed by atoms with Crippen molar-refractivity contribution < 1.29 is 18.8 Å². The fraction of sp³-hybridized carbons (Fsp3) is 0.500. The van der Waals surface area contributed by atoms with Gasteiger partial charge < -0.3 is 49.0 Å². The molecule has 15 nitrogen and oxygen atoms in total. The fourth-order valence-corrected chi connectivity index (χ4v) is 4.34. The van der Waals surface area contributed by atoms with Crippen LogP contribution in [0.5, 0.6) is 0 Å². The molecule has 3 atom stereocenters. The lowest BCUT2D eigenvalue weighted by molar-refractivity contribution is -0.131. The first-order valence-electron chi connectivity index (χ1n) is 14.1. The Morgan fingerprint density at radius 2 is 1.42 bits per heavy atom. The summed E-state index contributed by atoms with van der Waals surface area (Å²) in [5, 5.41) is 8.92. The molecule has 0 saturated carbocycles. The zero-order valence-electron chi connectivity index (χ0n) is 24.9. The van der Waals surface area contributed by atoms with Crippen LogP contribution in [0.1, 0.15) is 51.5 Å². The van der Waals surface area contributed by atoms with E-state index in [-0.39, 0.29) is 43.8 Å². The van der Waals surface area contributed by atoms with E-state index < -0.39 is 41.5 Å². The predicted octanol–water partition coefficient (Wildman–Crippen LogP) is -0.510. The average molecular weight is 601 g/mol. The second-order valence-electron chi connectivity index (χ2n) is 10.7. The molecule has 0 fully saturated rings. The summed E-state index contributed by atoms with van der Waals surface area (Å²) in [6, 6.07) is 3.44. The van der Waals surface area contributed by atoms with E-state index in [0.29, 0.717) is 30.5 Å². The summed E-state index contributed by atoms with van der Waals surface area (Å²) in [6.07, 6.45) is 1.53. The molecule has 1 heterocycles. The lowest BCUT2D eigenvalue weighted by Gasteiger charge is -2.24. The third-order valence-corrected chi connectivity index (χ3v) is 6.44. The lowest BCUT2D eigenvalue weighted by atomic mass is 10.0. The molecular formula is C28H44N10O5. The summed E-state index contributed by atoms with van der Waals surface area (Å²) in [4.78, 5) is 59.3. The number of hydrogen-bond acceptors (Lipinski definition) is 8. The van der Waals surface area contributed by atoms with Crippen LogP contribution in [0.4, 0.5) is 5.69 Å². The molecule has 0 aliphatic heterocycles. The van der Waals surface area contributed by atoms with Crippen molar-refractivity contribution in [2.45, 2.75) is 71.0 Å². The molecule has 2 rings (SSSR count). The van der Waals surface area contributed by atoms with Crippen LogP contribution >= 0.6 is 0 Å². The van der Waals surface area contributed by atoms with Crippen LogP contribution in [0.2, 0.25) is 0 Å². The van der Waals surface area contributed by atoms with Gasteiger partial charge >= 0.3 is 5.63 Å². The smallest absolute Gasteiger partial charge is 0.336 e. The van der Waals surface area contributed by atoms with Gasteiger partial charge in [0.05, 0.1) is 6.04 Å². The van der Waals surface area contributed by atoms with E-state index in [1.165, 1.54) is 12.1 Å². The first kappa shape index (κ1) is 34.5. The molecule has 3 amide bonds. The van der Waals surface area contributed by atoms with Crippen LogP contribution in [0, 0.1) is 12.8 Å². The lowest BCUT2D eigenvalue weighted by Crippen LogP contribution is -2.55. The number of carbonyl (C=O) groups excluding carboxylic acids is 3. The zero-order valence-corrected chi connectivity index (χ0v) is 24.9. The van der Waals surface area contributed by atoms with Crippen LogP contribution < -0.4 is 50.2 Å². The molecular weight excluding hydrogens is 556 g/mol. The van der Waals surface area contributed by atoms with Gasteiger partial charge in [-0.05, 0) is 62.6 Å². The molecule has 0 radical (unpaired) electrons. The van der Waals surface area contributed by atoms with Crippen molar-refractivity contribution in [1.82, 2.24) is 10.6 Å². The van der Waals surface area contributed by atoms with Gasteiger partial charge in [0.25, 0.3) is 0 Å². The number of carbonyl (C=O) groups is 3. The van der Waals surface area contributed by atoms with E-state index in [2.05, 4.69) is 25.9 Å². The Bertz CT molecular complexity index is 1380. The Kier molecular flexibility index (Phi) is 13.4. The number of aliphatic imine (C=N–C) groups is 2. The molecule has 0 aliphatic carbocycles. The number of nitrogens with one attached hydrogen (secondary N) is 3. The predicted molar refractivity (Wildman–Crippen MR) is 167 cm³/mol. The van der Waals surface area contributed by atoms with Crippen LogP contribution in [0.3, 0.4) is 0 Å². The van der Waals surface area contributed by atoms with Crippen LogP contribution in [-0.4, -0.2) is 60.9 Å². The molecule has 2 aromatic rings. The number of guanidine groups is 2. The topological polar surface area (TPSA) is 272 Å². The molecule has 236 valence electrons. The quantitative estimate of drug-likeness (QED) is 0.0529. The number of rotatable bonds is 16. The molecule has 0 bridgehead atoms. The molecule has 0 spiro atoms. The third kappa shape index (κ3) is 12.0. The first-order chi connectivity index (χ1) is 20.3. The van der Waals surface area contributed by atoms with Crippen molar-refractivity contribution in [2.75, 3.05) is 18.4 Å². The van der Waals surface area contributed by atoms with Crippen molar-refractivity contribution in [3.05, 3.63) is 40.2 Å². The molecule has 15 heteroatoms. The van der Waals surface area contributed by atoms with Gasteiger partial charge in [0.1, 0.15) is 17.7 Å². The largest absolute Gasteiger partial charge is 0.423 e.